The number of para-hydroxylation sites is 1. The molecule has 0 spiro atoms. The maximum absolute atomic E-state index is 12.9. The van der Waals surface area contributed by atoms with Gasteiger partial charge in [-0.25, -0.2) is 8.42 Å². The van der Waals surface area contributed by atoms with Crippen molar-refractivity contribution in [3.8, 4) is 5.75 Å². The molecule has 0 bridgehead atoms. The van der Waals surface area contributed by atoms with Crippen molar-refractivity contribution < 1.29 is 22.7 Å². The molecule has 1 aliphatic heterocycles. The monoisotopic (exact) mass is 445 g/mol. The highest BCUT2D eigenvalue weighted by Gasteiger charge is 2.28. The van der Waals surface area contributed by atoms with Crippen LogP contribution in [0.3, 0.4) is 0 Å². The van der Waals surface area contributed by atoms with Gasteiger partial charge in [0.1, 0.15) is 5.75 Å². The van der Waals surface area contributed by atoms with E-state index in [4.69, 9.17) is 10.5 Å². The molecule has 1 saturated heterocycles. The molecule has 2 N–H and O–H groups in total. The molecule has 0 aliphatic carbocycles. The van der Waals surface area contributed by atoms with Gasteiger partial charge >= 0.3 is 0 Å². The summed E-state index contributed by atoms with van der Waals surface area (Å²) in [5.74, 6) is -0.165. The lowest BCUT2D eigenvalue weighted by Crippen LogP contribution is -2.50. The third kappa shape index (κ3) is 5.62. The summed E-state index contributed by atoms with van der Waals surface area (Å²) in [5, 5.41) is 0. The van der Waals surface area contributed by atoms with Gasteiger partial charge in [-0.05, 0) is 36.8 Å². The van der Waals surface area contributed by atoms with E-state index in [1.807, 2.05) is 18.2 Å². The van der Waals surface area contributed by atoms with Crippen molar-refractivity contribution in [1.82, 2.24) is 9.21 Å². The molecule has 31 heavy (non-hydrogen) atoms. The average Bonchev–Trinajstić information content (AvgIpc) is 2.79. The molecule has 3 rings (SSSR count). The summed E-state index contributed by atoms with van der Waals surface area (Å²) in [4.78, 5) is 26.0. The number of hydrogen-bond acceptors (Lipinski definition) is 5. The van der Waals surface area contributed by atoms with Crippen LogP contribution in [0.15, 0.2) is 48.5 Å². The summed E-state index contributed by atoms with van der Waals surface area (Å²) in [6.07, 6.45) is 0.552. The molecule has 0 unspecified atom stereocenters. The zero-order chi connectivity index (χ0) is 22.4. The Labute approximate surface area is 182 Å². The van der Waals surface area contributed by atoms with Crippen molar-refractivity contribution in [2.45, 2.75) is 13.3 Å². The minimum absolute atomic E-state index is 0.0645. The number of carbonyl (C=O) groups is 2. The molecule has 0 atom stereocenters. The van der Waals surface area contributed by atoms with Gasteiger partial charge in [0.2, 0.25) is 10.0 Å². The molecular weight excluding hydrogens is 418 g/mol. The normalized spacial score (nSPS) is 14.9. The predicted octanol–water partition coefficient (Wildman–Crippen LogP) is 1.51. The lowest BCUT2D eigenvalue weighted by Gasteiger charge is -2.33. The summed E-state index contributed by atoms with van der Waals surface area (Å²) in [6.45, 7) is 3.32. The molecule has 0 radical (unpaired) electrons. The minimum atomic E-state index is -3.23. The molecule has 1 aliphatic rings. The molecule has 2 aromatic carbocycles. The third-order valence-electron chi connectivity index (χ3n) is 5.26. The van der Waals surface area contributed by atoms with Crippen LogP contribution in [-0.2, 0) is 16.4 Å². The average molecular weight is 446 g/mol. The fraction of sp³-hybridized carbons (Fsp3) is 0.364. The highest BCUT2D eigenvalue weighted by Crippen LogP contribution is 2.18. The van der Waals surface area contributed by atoms with Crippen LogP contribution >= 0.6 is 0 Å². The second kappa shape index (κ2) is 9.93. The first-order valence-electron chi connectivity index (χ1n) is 10.2. The smallest absolute Gasteiger partial charge is 0.253 e. The fourth-order valence-electron chi connectivity index (χ4n) is 3.47. The third-order valence-corrected chi connectivity index (χ3v) is 7.14. The predicted molar refractivity (Wildman–Crippen MR) is 118 cm³/mol. The SMILES string of the molecule is CCS(=O)(=O)N1CCN(C(=O)c2cccc(CCOc3ccccc3C(N)=O)c2)CC1. The summed E-state index contributed by atoms with van der Waals surface area (Å²) >= 11 is 0. The number of ether oxygens (including phenoxy) is 1. The van der Waals surface area contributed by atoms with Gasteiger partial charge in [-0.15, -0.1) is 0 Å². The van der Waals surface area contributed by atoms with E-state index in [0.29, 0.717) is 56.1 Å². The van der Waals surface area contributed by atoms with Gasteiger partial charge in [0.25, 0.3) is 11.8 Å². The molecule has 2 aromatic rings. The Bertz CT molecular complexity index is 1050. The number of nitrogens with two attached hydrogens (primary N) is 1. The first-order chi connectivity index (χ1) is 14.8. The summed E-state index contributed by atoms with van der Waals surface area (Å²) in [6, 6.07) is 14.1. The van der Waals surface area contributed by atoms with Crippen LogP contribution in [0.2, 0.25) is 0 Å². The second-order valence-electron chi connectivity index (χ2n) is 7.25. The number of amides is 2. The molecule has 166 valence electrons. The summed E-state index contributed by atoms with van der Waals surface area (Å²) in [5.41, 5.74) is 7.18. The van der Waals surface area contributed by atoms with Crippen molar-refractivity contribution in [1.29, 1.82) is 0 Å². The van der Waals surface area contributed by atoms with E-state index < -0.39 is 15.9 Å². The van der Waals surface area contributed by atoms with E-state index >= 15 is 0 Å². The number of nitrogens with zero attached hydrogens (tertiary/aromatic N) is 2. The standard InChI is InChI=1S/C22H27N3O5S/c1-2-31(28,29)25-13-11-24(12-14-25)22(27)18-7-5-6-17(16-18)10-15-30-20-9-4-3-8-19(20)21(23)26/h3-9,16H,2,10-15H2,1H3,(H2,23,26). The van der Waals surface area contributed by atoms with E-state index in [1.165, 1.54) is 4.31 Å². The Morgan fingerprint density at radius 1 is 1.03 bits per heavy atom. The first kappa shape index (κ1) is 22.8. The van der Waals surface area contributed by atoms with Crippen molar-refractivity contribution in [3.63, 3.8) is 0 Å². The van der Waals surface area contributed by atoms with Crippen LogP contribution in [0.4, 0.5) is 0 Å². The van der Waals surface area contributed by atoms with Crippen molar-refractivity contribution in [2.24, 2.45) is 5.73 Å². The Hall–Kier alpha value is -2.91. The maximum Gasteiger partial charge on any atom is 0.253 e. The van der Waals surface area contributed by atoms with Gasteiger partial charge in [0.05, 0.1) is 17.9 Å². The zero-order valence-corrected chi connectivity index (χ0v) is 18.3. The molecule has 9 heteroatoms. The van der Waals surface area contributed by atoms with Gasteiger partial charge in [0.15, 0.2) is 0 Å². The Morgan fingerprint density at radius 2 is 1.74 bits per heavy atom. The topological polar surface area (TPSA) is 110 Å². The lowest BCUT2D eigenvalue weighted by molar-refractivity contribution is 0.0697. The largest absolute Gasteiger partial charge is 0.492 e. The Kier molecular flexibility index (Phi) is 7.29. The van der Waals surface area contributed by atoms with Gasteiger partial charge < -0.3 is 15.4 Å². The maximum atomic E-state index is 12.9. The fourth-order valence-corrected chi connectivity index (χ4v) is 4.55. The zero-order valence-electron chi connectivity index (χ0n) is 17.5. The molecule has 0 saturated carbocycles. The van der Waals surface area contributed by atoms with Gasteiger partial charge in [-0.2, -0.15) is 4.31 Å². The minimum Gasteiger partial charge on any atom is -0.492 e. The molecular formula is C22H27N3O5S. The van der Waals surface area contributed by atoms with Crippen molar-refractivity contribution >= 4 is 21.8 Å². The molecule has 0 aromatic heterocycles. The first-order valence-corrected chi connectivity index (χ1v) is 11.8. The quantitative estimate of drug-likeness (QED) is 0.662. The molecule has 1 heterocycles. The number of rotatable bonds is 8. The number of piperazine rings is 1. The van der Waals surface area contributed by atoms with Gasteiger partial charge in [0, 0.05) is 38.2 Å². The summed E-state index contributed by atoms with van der Waals surface area (Å²) < 4.78 is 31.1. The van der Waals surface area contributed by atoms with E-state index in [9.17, 15) is 18.0 Å². The number of primary amides is 1. The van der Waals surface area contributed by atoms with E-state index in [1.54, 1.807) is 42.2 Å². The van der Waals surface area contributed by atoms with Crippen molar-refractivity contribution in [2.75, 3.05) is 38.5 Å². The number of carbonyl (C=O) groups excluding carboxylic acids is 2. The van der Waals surface area contributed by atoms with Gasteiger partial charge in [-0.3, -0.25) is 9.59 Å². The lowest BCUT2D eigenvalue weighted by atomic mass is 10.1. The highest BCUT2D eigenvalue weighted by atomic mass is 32.2. The van der Waals surface area contributed by atoms with Crippen LogP contribution in [-0.4, -0.2) is 68.0 Å². The Balaban J connectivity index is 1.58. The summed E-state index contributed by atoms with van der Waals surface area (Å²) in [7, 11) is -3.23. The van der Waals surface area contributed by atoms with Crippen LogP contribution in [0.5, 0.6) is 5.75 Å². The molecule has 8 nitrogen and oxygen atoms in total. The Morgan fingerprint density at radius 3 is 2.42 bits per heavy atom. The molecule has 2 amide bonds. The number of benzene rings is 2. The second-order valence-corrected chi connectivity index (χ2v) is 9.51. The van der Waals surface area contributed by atoms with E-state index in [-0.39, 0.29) is 11.7 Å². The number of hydrogen-bond donors (Lipinski definition) is 1. The van der Waals surface area contributed by atoms with Crippen LogP contribution in [0.1, 0.15) is 33.2 Å². The highest BCUT2D eigenvalue weighted by molar-refractivity contribution is 7.89. The van der Waals surface area contributed by atoms with Crippen LogP contribution in [0, 0.1) is 0 Å². The van der Waals surface area contributed by atoms with E-state index in [2.05, 4.69) is 0 Å². The van der Waals surface area contributed by atoms with Crippen LogP contribution in [0.25, 0.3) is 0 Å². The van der Waals surface area contributed by atoms with Crippen LogP contribution < -0.4 is 10.5 Å². The number of sulfonamides is 1. The van der Waals surface area contributed by atoms with Crippen molar-refractivity contribution in [3.05, 3.63) is 65.2 Å². The molecule has 1 fully saturated rings. The van der Waals surface area contributed by atoms with Gasteiger partial charge in [-0.1, -0.05) is 24.3 Å². The van der Waals surface area contributed by atoms with E-state index in [0.717, 1.165) is 5.56 Å².